The molecule has 0 bridgehead atoms. The van der Waals surface area contributed by atoms with Crippen LogP contribution < -0.4 is 0 Å². The summed E-state index contributed by atoms with van der Waals surface area (Å²) in [5, 5.41) is 22.5. The Labute approximate surface area is 111 Å². The van der Waals surface area contributed by atoms with Gasteiger partial charge in [-0.15, -0.1) is 5.10 Å². The van der Waals surface area contributed by atoms with E-state index in [-0.39, 0.29) is 5.92 Å². The van der Waals surface area contributed by atoms with Gasteiger partial charge in [-0.05, 0) is 48.4 Å². The lowest BCUT2D eigenvalue weighted by atomic mass is 9.83. The molecule has 0 aromatic carbocycles. The number of rotatable bonds is 3. The van der Waals surface area contributed by atoms with Crippen molar-refractivity contribution in [1.82, 2.24) is 20.2 Å². The van der Waals surface area contributed by atoms with Crippen LogP contribution >= 0.6 is 11.8 Å². The van der Waals surface area contributed by atoms with E-state index in [0.717, 1.165) is 18.0 Å². The van der Waals surface area contributed by atoms with Crippen LogP contribution in [0.4, 0.5) is 0 Å². The summed E-state index contributed by atoms with van der Waals surface area (Å²) in [6, 6.07) is 2.96. The molecule has 5 nitrogen and oxygen atoms in total. The van der Waals surface area contributed by atoms with Crippen molar-refractivity contribution in [3.8, 4) is 6.07 Å². The van der Waals surface area contributed by atoms with Gasteiger partial charge in [-0.2, -0.15) is 5.26 Å². The molecule has 0 spiro atoms. The van der Waals surface area contributed by atoms with Crippen molar-refractivity contribution in [1.29, 1.82) is 5.26 Å². The average molecular weight is 263 g/mol. The predicted molar refractivity (Wildman–Crippen MR) is 67.9 cm³/mol. The van der Waals surface area contributed by atoms with Crippen LogP contribution in [-0.4, -0.2) is 25.5 Å². The Morgan fingerprint density at radius 2 is 2.17 bits per heavy atom. The van der Waals surface area contributed by atoms with Crippen LogP contribution in [0.15, 0.2) is 5.16 Å². The van der Waals surface area contributed by atoms with Crippen molar-refractivity contribution in [2.24, 2.45) is 11.8 Å². The highest BCUT2D eigenvalue weighted by atomic mass is 32.2. The van der Waals surface area contributed by atoms with Crippen molar-refractivity contribution < 1.29 is 0 Å². The number of hydrogen-bond acceptors (Lipinski definition) is 5. The van der Waals surface area contributed by atoms with Gasteiger partial charge in [0.15, 0.2) is 0 Å². The van der Waals surface area contributed by atoms with Gasteiger partial charge in [0, 0.05) is 5.25 Å². The molecule has 2 saturated carbocycles. The number of nitriles is 1. The Hall–Kier alpha value is -1.09. The predicted octanol–water partition coefficient (Wildman–Crippen LogP) is 2.43. The lowest BCUT2D eigenvalue weighted by Crippen LogP contribution is -2.25. The zero-order chi connectivity index (χ0) is 12.5. The molecule has 18 heavy (non-hydrogen) atoms. The summed E-state index contributed by atoms with van der Waals surface area (Å²) in [6.07, 6.45) is 5.65. The number of thioether (sulfide) groups is 1. The van der Waals surface area contributed by atoms with E-state index in [4.69, 9.17) is 0 Å². The Bertz CT molecular complexity index is 461. The Morgan fingerprint density at radius 1 is 1.33 bits per heavy atom. The molecule has 3 unspecified atom stereocenters. The van der Waals surface area contributed by atoms with Crippen molar-refractivity contribution in [2.45, 2.75) is 55.5 Å². The molecule has 0 amide bonds. The third-order valence-corrected chi connectivity index (χ3v) is 5.14. The molecule has 0 aliphatic heterocycles. The Morgan fingerprint density at radius 3 is 2.89 bits per heavy atom. The molecule has 1 heterocycles. The maximum Gasteiger partial charge on any atom is 0.209 e. The first-order valence-electron chi connectivity index (χ1n) is 6.62. The number of tetrazole rings is 1. The quantitative estimate of drug-likeness (QED) is 0.837. The van der Waals surface area contributed by atoms with E-state index < -0.39 is 0 Å². The van der Waals surface area contributed by atoms with Crippen molar-refractivity contribution in [2.75, 3.05) is 0 Å². The highest BCUT2D eigenvalue weighted by molar-refractivity contribution is 7.99. The van der Waals surface area contributed by atoms with Gasteiger partial charge < -0.3 is 0 Å². The van der Waals surface area contributed by atoms with Gasteiger partial charge in [0.25, 0.3) is 0 Å². The standard InChI is InChI=1S/C12H17N5S/c1-8-2-3-9(7-13)11(6-8)18-12-14-15-16-17(12)10-4-5-10/h8-11H,2-6H2,1H3. The minimum atomic E-state index is 0.149. The first-order chi connectivity index (χ1) is 8.78. The van der Waals surface area contributed by atoms with E-state index in [1.165, 1.54) is 19.3 Å². The number of aromatic nitrogens is 4. The van der Waals surface area contributed by atoms with Gasteiger partial charge >= 0.3 is 0 Å². The minimum absolute atomic E-state index is 0.149. The van der Waals surface area contributed by atoms with Gasteiger partial charge in [-0.3, -0.25) is 0 Å². The fourth-order valence-electron chi connectivity index (χ4n) is 2.55. The first kappa shape index (κ1) is 12.0. The molecule has 2 aliphatic rings. The lowest BCUT2D eigenvalue weighted by molar-refractivity contribution is 0.345. The second-order valence-corrected chi connectivity index (χ2v) is 6.65. The third kappa shape index (κ3) is 2.37. The van der Waals surface area contributed by atoms with E-state index in [9.17, 15) is 5.26 Å². The van der Waals surface area contributed by atoms with E-state index in [0.29, 0.717) is 17.2 Å². The van der Waals surface area contributed by atoms with Crippen LogP contribution in [0, 0.1) is 23.2 Å². The van der Waals surface area contributed by atoms with Crippen LogP contribution in [-0.2, 0) is 0 Å². The van der Waals surface area contributed by atoms with E-state index in [1.54, 1.807) is 11.8 Å². The smallest absolute Gasteiger partial charge is 0.209 e. The molecular formula is C12H17N5S. The van der Waals surface area contributed by atoms with Crippen LogP contribution in [0.3, 0.4) is 0 Å². The summed E-state index contributed by atoms with van der Waals surface area (Å²) >= 11 is 1.71. The van der Waals surface area contributed by atoms with Crippen molar-refractivity contribution >= 4 is 11.8 Å². The second-order valence-electron chi connectivity index (χ2n) is 5.45. The third-order valence-electron chi connectivity index (χ3n) is 3.83. The SMILES string of the molecule is CC1CCC(C#N)C(Sc2nnnn2C2CC2)C1. The summed E-state index contributed by atoms with van der Waals surface area (Å²) in [4.78, 5) is 0. The average Bonchev–Trinajstić information content (AvgIpc) is 3.11. The maximum absolute atomic E-state index is 9.25. The molecule has 2 fully saturated rings. The van der Waals surface area contributed by atoms with Crippen LogP contribution in [0.25, 0.3) is 0 Å². The molecule has 2 aliphatic carbocycles. The maximum atomic E-state index is 9.25. The zero-order valence-corrected chi connectivity index (χ0v) is 11.3. The molecule has 1 aromatic rings. The second kappa shape index (κ2) is 4.88. The highest BCUT2D eigenvalue weighted by Gasteiger charge is 2.33. The molecular weight excluding hydrogens is 246 g/mol. The van der Waals surface area contributed by atoms with Crippen LogP contribution in [0.2, 0.25) is 0 Å². The lowest BCUT2D eigenvalue weighted by Gasteiger charge is -2.29. The van der Waals surface area contributed by atoms with Gasteiger partial charge in [-0.25, -0.2) is 4.68 Å². The molecule has 0 radical (unpaired) electrons. The van der Waals surface area contributed by atoms with Crippen molar-refractivity contribution in [3.05, 3.63) is 0 Å². The van der Waals surface area contributed by atoms with Gasteiger partial charge in [0.05, 0.1) is 18.0 Å². The van der Waals surface area contributed by atoms with Gasteiger partial charge in [0.1, 0.15) is 0 Å². The summed E-state index contributed by atoms with van der Waals surface area (Å²) < 4.78 is 1.94. The zero-order valence-electron chi connectivity index (χ0n) is 10.5. The van der Waals surface area contributed by atoms with E-state index in [1.807, 2.05) is 4.68 Å². The summed E-state index contributed by atoms with van der Waals surface area (Å²) in [6.45, 7) is 2.27. The van der Waals surface area contributed by atoms with Crippen molar-refractivity contribution in [3.63, 3.8) is 0 Å². The Kier molecular flexibility index (Phi) is 3.25. The summed E-state index contributed by atoms with van der Waals surface area (Å²) in [5.74, 6) is 0.855. The van der Waals surface area contributed by atoms with Crippen LogP contribution in [0.1, 0.15) is 45.1 Å². The molecule has 1 aromatic heterocycles. The van der Waals surface area contributed by atoms with Gasteiger partial charge in [0.2, 0.25) is 5.16 Å². The monoisotopic (exact) mass is 263 g/mol. The molecule has 6 heteroatoms. The fraction of sp³-hybridized carbons (Fsp3) is 0.833. The normalized spacial score (nSPS) is 32.1. The Balaban J connectivity index is 1.73. The molecule has 3 atom stereocenters. The van der Waals surface area contributed by atoms with E-state index >= 15 is 0 Å². The topological polar surface area (TPSA) is 67.4 Å². The summed E-state index contributed by atoms with van der Waals surface area (Å²) in [5.41, 5.74) is 0. The highest BCUT2D eigenvalue weighted by Crippen LogP contribution is 2.42. The summed E-state index contributed by atoms with van der Waals surface area (Å²) in [7, 11) is 0. The molecule has 0 N–H and O–H groups in total. The molecule has 3 rings (SSSR count). The first-order valence-corrected chi connectivity index (χ1v) is 7.50. The van der Waals surface area contributed by atoms with E-state index in [2.05, 4.69) is 28.5 Å². The minimum Gasteiger partial charge on any atom is -0.217 e. The molecule has 96 valence electrons. The number of nitrogens with zero attached hydrogens (tertiary/aromatic N) is 5. The largest absolute Gasteiger partial charge is 0.217 e. The number of hydrogen-bond donors (Lipinski definition) is 0. The van der Waals surface area contributed by atoms with Gasteiger partial charge in [-0.1, -0.05) is 18.7 Å². The molecule has 0 saturated heterocycles. The fourth-order valence-corrected chi connectivity index (χ4v) is 3.99. The van der Waals surface area contributed by atoms with Crippen LogP contribution in [0.5, 0.6) is 0 Å².